The van der Waals surface area contributed by atoms with Gasteiger partial charge in [-0.2, -0.15) is 0 Å². The summed E-state index contributed by atoms with van der Waals surface area (Å²) in [5.74, 6) is 0.563. The van der Waals surface area contributed by atoms with Crippen molar-refractivity contribution in [3.63, 3.8) is 0 Å². The van der Waals surface area contributed by atoms with Gasteiger partial charge in [-0.25, -0.2) is 13.1 Å². The topological polar surface area (TPSA) is 71.3 Å². The normalized spacial score (nSPS) is 11.5. The third kappa shape index (κ3) is 3.48. The molecule has 7 heteroatoms. The fourth-order valence-corrected chi connectivity index (χ4v) is 2.73. The fraction of sp³-hybridized carbons (Fsp3) is 0.167. The fourth-order valence-electron chi connectivity index (χ4n) is 1.49. The van der Waals surface area contributed by atoms with Crippen LogP contribution in [0.4, 0.5) is 5.69 Å². The molecule has 2 N–H and O–H groups in total. The van der Waals surface area contributed by atoms with E-state index in [1.165, 1.54) is 13.1 Å². The third-order valence-electron chi connectivity index (χ3n) is 2.50. The zero-order chi connectivity index (χ0) is 13.9. The second-order valence-corrected chi connectivity index (χ2v) is 6.74. The summed E-state index contributed by atoms with van der Waals surface area (Å²) in [4.78, 5) is 0. The smallest absolute Gasteiger partial charge is 0.273 e. The van der Waals surface area contributed by atoms with Crippen molar-refractivity contribution in [2.75, 3.05) is 12.4 Å². The van der Waals surface area contributed by atoms with Crippen molar-refractivity contribution in [2.45, 2.75) is 11.6 Å². The van der Waals surface area contributed by atoms with Gasteiger partial charge in [-0.3, -0.25) is 0 Å². The summed E-state index contributed by atoms with van der Waals surface area (Å²) < 4.78 is 31.6. The Balaban J connectivity index is 2.08. The van der Waals surface area contributed by atoms with Gasteiger partial charge in [0.15, 0.2) is 0 Å². The van der Waals surface area contributed by atoms with Crippen molar-refractivity contribution in [3.8, 4) is 0 Å². The van der Waals surface area contributed by atoms with Crippen molar-refractivity contribution >= 4 is 38.3 Å². The molecule has 0 amide bonds. The summed E-state index contributed by atoms with van der Waals surface area (Å²) in [5.41, 5.74) is 0.984. The Bertz CT molecular complexity index is 667. The molecule has 0 spiro atoms. The summed E-state index contributed by atoms with van der Waals surface area (Å²) in [7, 11) is -2.17. The molecule has 0 bridgehead atoms. The monoisotopic (exact) mass is 392 g/mol. The number of hydrogen-bond acceptors (Lipinski definition) is 4. The Morgan fingerprint density at radius 2 is 1.95 bits per heavy atom. The van der Waals surface area contributed by atoms with Crippen LogP contribution in [0.2, 0.25) is 0 Å². The molecule has 2 aromatic rings. The molecule has 0 saturated heterocycles. The minimum atomic E-state index is -3.51. The number of anilines is 1. The summed E-state index contributed by atoms with van der Waals surface area (Å²) in [6.07, 6.45) is 0. The van der Waals surface area contributed by atoms with Crippen LogP contribution in [0.3, 0.4) is 0 Å². The number of rotatable bonds is 5. The number of hydrogen-bond donors (Lipinski definition) is 2. The number of sulfonamides is 1. The van der Waals surface area contributed by atoms with Gasteiger partial charge in [-0.15, -0.1) is 0 Å². The van der Waals surface area contributed by atoms with Gasteiger partial charge in [0.25, 0.3) is 10.0 Å². The molecule has 0 aliphatic rings. The molecule has 102 valence electrons. The van der Waals surface area contributed by atoms with E-state index in [2.05, 4.69) is 32.6 Å². The lowest BCUT2D eigenvalue weighted by Gasteiger charge is -2.06. The minimum Gasteiger partial charge on any atom is -0.446 e. The van der Waals surface area contributed by atoms with Crippen molar-refractivity contribution in [1.82, 2.24) is 4.72 Å². The van der Waals surface area contributed by atoms with Crippen molar-refractivity contribution < 1.29 is 12.8 Å². The highest BCUT2D eigenvalue weighted by molar-refractivity contribution is 14.1. The van der Waals surface area contributed by atoms with Gasteiger partial charge in [-0.05, 0) is 53.9 Å². The maximum Gasteiger partial charge on any atom is 0.273 e. The van der Waals surface area contributed by atoms with E-state index < -0.39 is 10.0 Å². The molecule has 1 aromatic heterocycles. The molecule has 0 saturated carbocycles. The van der Waals surface area contributed by atoms with E-state index in [0.29, 0.717) is 12.3 Å². The highest BCUT2D eigenvalue weighted by atomic mass is 127. The number of para-hydroxylation sites is 1. The SMILES string of the molecule is CNS(=O)(=O)c1ccc(CNc2ccccc2I)o1. The average molecular weight is 392 g/mol. The molecule has 1 heterocycles. The highest BCUT2D eigenvalue weighted by Gasteiger charge is 2.16. The van der Waals surface area contributed by atoms with Crippen molar-refractivity contribution in [2.24, 2.45) is 0 Å². The van der Waals surface area contributed by atoms with Gasteiger partial charge in [-0.1, -0.05) is 12.1 Å². The van der Waals surface area contributed by atoms with Gasteiger partial charge >= 0.3 is 0 Å². The average Bonchev–Trinajstić information content (AvgIpc) is 2.87. The largest absolute Gasteiger partial charge is 0.446 e. The van der Waals surface area contributed by atoms with E-state index in [1.54, 1.807) is 6.07 Å². The third-order valence-corrected chi connectivity index (χ3v) is 4.72. The molecule has 1 aromatic carbocycles. The molecular formula is C12H13IN2O3S. The molecule has 0 radical (unpaired) electrons. The maximum atomic E-state index is 11.5. The Morgan fingerprint density at radius 3 is 2.63 bits per heavy atom. The molecular weight excluding hydrogens is 379 g/mol. The van der Waals surface area contributed by atoms with E-state index in [9.17, 15) is 8.42 Å². The van der Waals surface area contributed by atoms with E-state index in [1.807, 2.05) is 24.3 Å². The molecule has 19 heavy (non-hydrogen) atoms. The zero-order valence-corrected chi connectivity index (χ0v) is 13.2. The summed E-state index contributed by atoms with van der Waals surface area (Å²) in [6.45, 7) is 0.430. The van der Waals surface area contributed by atoms with Gasteiger partial charge in [0.05, 0.1) is 6.54 Å². The lowest BCUT2D eigenvalue weighted by atomic mass is 10.3. The van der Waals surface area contributed by atoms with E-state index in [4.69, 9.17) is 4.42 Å². The second-order valence-electron chi connectivity index (χ2n) is 3.76. The number of nitrogens with one attached hydrogen (secondary N) is 2. The Morgan fingerprint density at radius 1 is 1.21 bits per heavy atom. The van der Waals surface area contributed by atoms with E-state index >= 15 is 0 Å². The number of furan rings is 1. The highest BCUT2D eigenvalue weighted by Crippen LogP contribution is 2.19. The van der Waals surface area contributed by atoms with E-state index in [0.717, 1.165) is 9.26 Å². The predicted octanol–water partition coefficient (Wildman–Crippen LogP) is 2.40. The van der Waals surface area contributed by atoms with Gasteiger partial charge < -0.3 is 9.73 Å². The molecule has 0 fully saturated rings. The lowest BCUT2D eigenvalue weighted by molar-refractivity contribution is 0.417. The van der Waals surface area contributed by atoms with E-state index in [-0.39, 0.29) is 5.09 Å². The Kier molecular flexibility index (Phi) is 4.48. The first-order chi connectivity index (χ1) is 9.03. The van der Waals surface area contributed by atoms with Crippen LogP contribution < -0.4 is 10.0 Å². The van der Waals surface area contributed by atoms with Crippen LogP contribution in [0.25, 0.3) is 0 Å². The Labute approximate surface area is 125 Å². The molecule has 2 rings (SSSR count). The first kappa shape index (κ1) is 14.4. The minimum absolute atomic E-state index is 0.0745. The summed E-state index contributed by atoms with van der Waals surface area (Å²) in [5, 5.41) is 3.12. The molecule has 0 unspecified atom stereocenters. The Hall–Kier alpha value is -1.06. The van der Waals surface area contributed by atoms with Crippen molar-refractivity contribution in [1.29, 1.82) is 0 Å². The first-order valence-corrected chi connectivity index (χ1v) is 8.10. The summed E-state index contributed by atoms with van der Waals surface area (Å²) in [6, 6.07) is 10.9. The molecule has 5 nitrogen and oxygen atoms in total. The van der Waals surface area contributed by atoms with Gasteiger partial charge in [0, 0.05) is 9.26 Å². The zero-order valence-electron chi connectivity index (χ0n) is 10.2. The lowest BCUT2D eigenvalue weighted by Crippen LogP contribution is -2.17. The number of benzene rings is 1. The quantitative estimate of drug-likeness (QED) is 0.767. The molecule has 0 atom stereocenters. The standard InChI is InChI=1S/C12H13IN2O3S/c1-14-19(16,17)12-7-6-9(18-12)8-15-11-5-3-2-4-10(11)13/h2-7,14-15H,8H2,1H3. The van der Waals surface area contributed by atoms with Crippen LogP contribution in [0.1, 0.15) is 5.76 Å². The van der Waals surface area contributed by atoms with Crippen LogP contribution in [0.5, 0.6) is 0 Å². The van der Waals surface area contributed by atoms with Crippen LogP contribution in [-0.4, -0.2) is 15.5 Å². The van der Waals surface area contributed by atoms with Crippen LogP contribution in [0, 0.1) is 3.57 Å². The van der Waals surface area contributed by atoms with Crippen molar-refractivity contribution in [3.05, 3.63) is 45.7 Å². The molecule has 0 aliphatic carbocycles. The predicted molar refractivity (Wildman–Crippen MR) is 81.4 cm³/mol. The van der Waals surface area contributed by atoms with Gasteiger partial charge in [0.1, 0.15) is 5.76 Å². The number of halogens is 1. The maximum absolute atomic E-state index is 11.5. The van der Waals surface area contributed by atoms with Crippen LogP contribution in [-0.2, 0) is 16.6 Å². The molecule has 0 aliphatic heterocycles. The van der Waals surface area contributed by atoms with Crippen LogP contribution >= 0.6 is 22.6 Å². The first-order valence-electron chi connectivity index (χ1n) is 5.53. The summed E-state index contributed by atoms with van der Waals surface area (Å²) >= 11 is 2.23. The van der Waals surface area contributed by atoms with Gasteiger partial charge in [0.2, 0.25) is 5.09 Å². The van der Waals surface area contributed by atoms with Crippen LogP contribution in [0.15, 0.2) is 45.9 Å². The second kappa shape index (κ2) is 5.93.